The molecule has 0 aliphatic carbocycles. The lowest BCUT2D eigenvalue weighted by Gasteiger charge is -2.15. The van der Waals surface area contributed by atoms with E-state index in [0.717, 1.165) is 0 Å². The van der Waals surface area contributed by atoms with E-state index in [0.29, 0.717) is 24.0 Å². The molecule has 0 aromatic heterocycles. The number of ether oxygens (including phenoxy) is 2. The molecule has 1 unspecified atom stereocenters. The zero-order valence-electron chi connectivity index (χ0n) is 12.5. The predicted octanol–water partition coefficient (Wildman–Crippen LogP) is 2.02. The molecule has 0 bridgehead atoms. The topological polar surface area (TPSA) is 79.8 Å². The van der Waals surface area contributed by atoms with E-state index in [1.807, 2.05) is 13.8 Å². The first-order valence-electron chi connectivity index (χ1n) is 6.50. The van der Waals surface area contributed by atoms with Gasteiger partial charge in [0.25, 0.3) is 0 Å². The lowest BCUT2D eigenvalue weighted by molar-refractivity contribution is 0.104. The summed E-state index contributed by atoms with van der Waals surface area (Å²) < 4.78 is 9.94. The Morgan fingerprint density at radius 3 is 2.43 bits per heavy atom. The van der Waals surface area contributed by atoms with E-state index in [1.54, 1.807) is 24.3 Å². The summed E-state index contributed by atoms with van der Waals surface area (Å²) in [6, 6.07) is 7.16. The van der Waals surface area contributed by atoms with Crippen LogP contribution in [0.3, 0.4) is 0 Å². The molecule has 21 heavy (non-hydrogen) atoms. The van der Waals surface area contributed by atoms with Crippen LogP contribution < -0.4 is 15.4 Å². The molecule has 0 aliphatic rings. The maximum absolute atomic E-state index is 11.0. The third-order valence-electron chi connectivity index (χ3n) is 2.49. The Balaban J connectivity index is 0.00000400. The van der Waals surface area contributed by atoms with Crippen LogP contribution in [-0.4, -0.2) is 43.6 Å². The quantitative estimate of drug-likeness (QED) is 0.717. The summed E-state index contributed by atoms with van der Waals surface area (Å²) in [6.07, 6.45) is -1.08. The van der Waals surface area contributed by atoms with Crippen LogP contribution in [0.5, 0.6) is 5.75 Å². The van der Waals surface area contributed by atoms with Crippen LogP contribution in [0.1, 0.15) is 13.8 Å². The van der Waals surface area contributed by atoms with Crippen molar-refractivity contribution in [2.45, 2.75) is 26.0 Å². The number of anilines is 1. The van der Waals surface area contributed by atoms with Crippen molar-refractivity contribution in [3.63, 3.8) is 0 Å². The van der Waals surface area contributed by atoms with Crippen molar-refractivity contribution >= 4 is 24.2 Å². The van der Waals surface area contributed by atoms with E-state index >= 15 is 0 Å². The summed E-state index contributed by atoms with van der Waals surface area (Å²) in [5, 5.41) is 15.4. The van der Waals surface area contributed by atoms with E-state index in [1.165, 1.54) is 7.11 Å². The average molecular weight is 319 g/mol. The van der Waals surface area contributed by atoms with Gasteiger partial charge >= 0.3 is 6.09 Å². The number of benzene rings is 1. The fourth-order valence-corrected chi connectivity index (χ4v) is 1.43. The van der Waals surface area contributed by atoms with Crippen molar-refractivity contribution in [3.05, 3.63) is 24.3 Å². The second-order valence-corrected chi connectivity index (χ2v) is 4.67. The summed E-state index contributed by atoms with van der Waals surface area (Å²) >= 11 is 0. The minimum absolute atomic E-state index is 0. The minimum Gasteiger partial charge on any atom is -0.491 e. The number of amides is 1. The van der Waals surface area contributed by atoms with Gasteiger partial charge in [-0.2, -0.15) is 0 Å². The molecule has 0 saturated carbocycles. The first-order valence-corrected chi connectivity index (χ1v) is 6.50. The van der Waals surface area contributed by atoms with Crippen LogP contribution in [0, 0.1) is 0 Å². The summed E-state index contributed by atoms with van der Waals surface area (Å²) in [6.45, 7) is 4.73. The highest BCUT2D eigenvalue weighted by Crippen LogP contribution is 2.15. The molecule has 1 aromatic carbocycles. The Kier molecular flexibility index (Phi) is 9.53. The Labute approximate surface area is 131 Å². The largest absolute Gasteiger partial charge is 0.491 e. The molecule has 0 fully saturated rings. The summed E-state index contributed by atoms with van der Waals surface area (Å²) in [4.78, 5) is 11.0. The second kappa shape index (κ2) is 10.3. The number of methoxy groups -OCH3 is 1. The molecular weight excluding hydrogens is 296 g/mol. The van der Waals surface area contributed by atoms with Crippen LogP contribution in [0.25, 0.3) is 0 Å². The Morgan fingerprint density at radius 2 is 1.90 bits per heavy atom. The molecule has 0 heterocycles. The molecule has 120 valence electrons. The van der Waals surface area contributed by atoms with Gasteiger partial charge in [0.15, 0.2) is 0 Å². The number of nitrogens with one attached hydrogen (secondary N) is 2. The van der Waals surface area contributed by atoms with Crippen LogP contribution in [-0.2, 0) is 4.74 Å². The molecule has 0 aliphatic heterocycles. The van der Waals surface area contributed by atoms with Gasteiger partial charge in [-0.25, -0.2) is 4.79 Å². The van der Waals surface area contributed by atoms with Gasteiger partial charge in [-0.15, -0.1) is 12.4 Å². The normalized spacial score (nSPS) is 11.5. The molecular formula is C14H23ClN2O4. The molecule has 0 saturated heterocycles. The lowest BCUT2D eigenvalue weighted by atomic mass is 10.3. The number of rotatable bonds is 7. The molecule has 0 radical (unpaired) electrons. The molecule has 0 spiro atoms. The molecule has 7 heteroatoms. The molecule has 6 nitrogen and oxygen atoms in total. The maximum atomic E-state index is 11.0. The number of hydrogen-bond acceptors (Lipinski definition) is 5. The third kappa shape index (κ3) is 8.39. The van der Waals surface area contributed by atoms with Gasteiger partial charge in [-0.05, 0) is 24.3 Å². The Hall–Kier alpha value is -1.50. The maximum Gasteiger partial charge on any atom is 0.411 e. The summed E-state index contributed by atoms with van der Waals surface area (Å²) in [5.74, 6) is 0.629. The first kappa shape index (κ1) is 19.5. The summed E-state index contributed by atoms with van der Waals surface area (Å²) in [5.41, 5.74) is 0.617. The fourth-order valence-electron chi connectivity index (χ4n) is 1.43. The average Bonchev–Trinajstić information content (AvgIpc) is 2.44. The second-order valence-electron chi connectivity index (χ2n) is 4.67. The van der Waals surface area contributed by atoms with E-state index in [9.17, 15) is 9.90 Å². The van der Waals surface area contributed by atoms with E-state index in [-0.39, 0.29) is 19.0 Å². The fraction of sp³-hybridized carbons (Fsp3) is 0.500. The number of aliphatic hydroxyl groups excluding tert-OH is 1. The highest BCUT2D eigenvalue weighted by Gasteiger charge is 2.06. The van der Waals surface area contributed by atoms with E-state index < -0.39 is 12.2 Å². The number of aliphatic hydroxyl groups is 1. The lowest BCUT2D eigenvalue weighted by Crippen LogP contribution is -2.35. The van der Waals surface area contributed by atoms with Gasteiger partial charge < -0.3 is 19.9 Å². The van der Waals surface area contributed by atoms with Gasteiger partial charge in [0, 0.05) is 18.3 Å². The highest BCUT2D eigenvalue weighted by molar-refractivity contribution is 5.85. The summed E-state index contributed by atoms with van der Waals surface area (Å²) in [7, 11) is 1.30. The van der Waals surface area contributed by atoms with Crippen LogP contribution in [0.15, 0.2) is 24.3 Å². The zero-order valence-corrected chi connectivity index (χ0v) is 13.3. The van der Waals surface area contributed by atoms with Crippen molar-refractivity contribution in [2.75, 3.05) is 25.6 Å². The predicted molar refractivity (Wildman–Crippen MR) is 84.4 cm³/mol. The van der Waals surface area contributed by atoms with Gasteiger partial charge in [-0.1, -0.05) is 13.8 Å². The number of carbonyl (C=O) groups is 1. The van der Waals surface area contributed by atoms with Crippen molar-refractivity contribution < 1.29 is 19.4 Å². The van der Waals surface area contributed by atoms with Gasteiger partial charge in [0.1, 0.15) is 18.5 Å². The van der Waals surface area contributed by atoms with Gasteiger partial charge in [-0.3, -0.25) is 5.32 Å². The number of carbonyl (C=O) groups excluding carboxylic acids is 1. The van der Waals surface area contributed by atoms with E-state index in [4.69, 9.17) is 4.74 Å². The highest BCUT2D eigenvalue weighted by atomic mass is 35.5. The van der Waals surface area contributed by atoms with Crippen LogP contribution in [0.2, 0.25) is 0 Å². The molecule has 1 aromatic rings. The number of hydrogen-bond donors (Lipinski definition) is 3. The zero-order chi connectivity index (χ0) is 15.0. The van der Waals surface area contributed by atoms with E-state index in [2.05, 4.69) is 15.4 Å². The number of halogens is 1. The SMILES string of the molecule is COC(=O)Nc1ccc(OCC(O)CNC(C)C)cc1.Cl. The van der Waals surface area contributed by atoms with Crippen LogP contribution in [0.4, 0.5) is 10.5 Å². The molecule has 1 amide bonds. The minimum atomic E-state index is -0.565. The third-order valence-corrected chi connectivity index (χ3v) is 2.49. The van der Waals surface area contributed by atoms with Crippen molar-refractivity contribution in [3.8, 4) is 5.75 Å². The van der Waals surface area contributed by atoms with Crippen molar-refractivity contribution in [1.29, 1.82) is 0 Å². The Morgan fingerprint density at radius 1 is 1.29 bits per heavy atom. The smallest absolute Gasteiger partial charge is 0.411 e. The van der Waals surface area contributed by atoms with Gasteiger partial charge in [0.2, 0.25) is 0 Å². The molecule has 3 N–H and O–H groups in total. The standard InChI is InChI=1S/C14H22N2O4.ClH/c1-10(2)15-8-12(17)9-20-13-6-4-11(5-7-13)16-14(18)19-3;/h4-7,10,12,15,17H,8-9H2,1-3H3,(H,16,18);1H. The Bertz CT molecular complexity index is 412. The monoisotopic (exact) mass is 318 g/mol. The molecule has 1 atom stereocenters. The molecule has 1 rings (SSSR count). The first-order chi connectivity index (χ1) is 9.51. The van der Waals surface area contributed by atoms with Gasteiger partial charge in [0.05, 0.1) is 7.11 Å². The van der Waals surface area contributed by atoms with Crippen molar-refractivity contribution in [2.24, 2.45) is 0 Å². The van der Waals surface area contributed by atoms with Crippen molar-refractivity contribution in [1.82, 2.24) is 5.32 Å². The van der Waals surface area contributed by atoms with Crippen LogP contribution >= 0.6 is 12.4 Å².